The molecule has 156 valence electrons. The van der Waals surface area contributed by atoms with E-state index in [9.17, 15) is 13.2 Å². The number of fused-ring (bicyclic) bond motifs is 3. The van der Waals surface area contributed by atoms with Gasteiger partial charge in [0.1, 0.15) is 6.10 Å². The van der Waals surface area contributed by atoms with Crippen LogP contribution in [0.1, 0.15) is 49.3 Å². The first kappa shape index (κ1) is 19.1. The van der Waals surface area contributed by atoms with Crippen molar-refractivity contribution in [1.29, 1.82) is 0 Å². The first-order valence-corrected chi connectivity index (χ1v) is 12.3. The number of nitrogens with one attached hydrogen (secondary N) is 1. The summed E-state index contributed by atoms with van der Waals surface area (Å²) in [5.74, 6) is -0.174. The molecule has 5 rings (SSSR count). The van der Waals surface area contributed by atoms with Gasteiger partial charge in [-0.15, -0.1) is 0 Å². The molecule has 2 fully saturated rings. The normalized spacial score (nSPS) is 30.5. The summed E-state index contributed by atoms with van der Waals surface area (Å²) in [7, 11) is -3.18. The van der Waals surface area contributed by atoms with Crippen molar-refractivity contribution in [3.63, 3.8) is 0 Å². The second-order valence-corrected chi connectivity index (χ2v) is 10.9. The highest BCUT2D eigenvalue weighted by molar-refractivity contribution is 7.88. The molecule has 1 spiro atoms. The number of nitrogens with zero attached hydrogens (tertiary/aromatic N) is 2. The molecule has 1 aromatic carbocycles. The number of carbonyl (C=O) groups excluding carboxylic acids is 1. The molecule has 1 amide bonds. The zero-order valence-corrected chi connectivity index (χ0v) is 17.5. The van der Waals surface area contributed by atoms with E-state index in [4.69, 9.17) is 4.84 Å². The van der Waals surface area contributed by atoms with Gasteiger partial charge in [-0.1, -0.05) is 29.4 Å². The van der Waals surface area contributed by atoms with E-state index < -0.39 is 10.0 Å². The summed E-state index contributed by atoms with van der Waals surface area (Å²) in [5.41, 5.74) is 2.90. The zero-order chi connectivity index (χ0) is 20.2. The van der Waals surface area contributed by atoms with Gasteiger partial charge < -0.3 is 10.2 Å². The van der Waals surface area contributed by atoms with E-state index in [2.05, 4.69) is 22.6 Å². The molecule has 1 aromatic rings. The molecule has 2 aliphatic heterocycles. The van der Waals surface area contributed by atoms with Crippen LogP contribution in [0.4, 0.5) is 0 Å². The van der Waals surface area contributed by atoms with Gasteiger partial charge in [0, 0.05) is 13.1 Å². The number of piperidine rings is 1. The minimum absolute atomic E-state index is 0.0184. The first-order valence-electron chi connectivity index (χ1n) is 10.4. The molecule has 0 bridgehead atoms. The fraction of sp³-hybridized carbons (Fsp3) is 0.619. The number of amides is 1. The van der Waals surface area contributed by atoms with Crippen molar-refractivity contribution in [3.8, 4) is 0 Å². The third kappa shape index (κ3) is 3.17. The Labute approximate surface area is 171 Å². The molecular formula is C21H27N3O4S. The summed E-state index contributed by atoms with van der Waals surface area (Å²) in [6, 6.07) is 8.27. The molecule has 3 atom stereocenters. The predicted octanol–water partition coefficient (Wildman–Crippen LogP) is 2.00. The van der Waals surface area contributed by atoms with Crippen molar-refractivity contribution in [3.05, 3.63) is 35.4 Å². The Kier molecular flexibility index (Phi) is 4.47. The maximum absolute atomic E-state index is 13.2. The highest BCUT2D eigenvalue weighted by atomic mass is 32.2. The van der Waals surface area contributed by atoms with Gasteiger partial charge in [0.2, 0.25) is 10.0 Å². The standard InChI is InChI=1S/C21H27N3O4S/c1-29(26,27)24-12-10-21(11-13-24)9-8-17-18(21)19(23-28-17)20(25)22-16-7-6-14-4-2-3-5-15(14)16/h2-5,16-18H,6-13H2,1H3,(H,22,25)/t16?,17-,18+/m0/s1. The molecule has 1 saturated carbocycles. The zero-order valence-electron chi connectivity index (χ0n) is 16.6. The van der Waals surface area contributed by atoms with Gasteiger partial charge in [-0.3, -0.25) is 4.79 Å². The van der Waals surface area contributed by atoms with E-state index in [1.807, 2.05) is 12.1 Å². The average molecular weight is 418 g/mol. The smallest absolute Gasteiger partial charge is 0.270 e. The second kappa shape index (κ2) is 6.80. The predicted molar refractivity (Wildman–Crippen MR) is 109 cm³/mol. The fourth-order valence-electron chi connectivity index (χ4n) is 5.85. The quantitative estimate of drug-likeness (QED) is 0.815. The number of oxime groups is 1. The van der Waals surface area contributed by atoms with Gasteiger partial charge in [-0.25, -0.2) is 12.7 Å². The number of hydrogen-bond acceptors (Lipinski definition) is 5. The Morgan fingerprint density at radius 3 is 2.72 bits per heavy atom. The lowest BCUT2D eigenvalue weighted by Crippen LogP contribution is -2.49. The van der Waals surface area contributed by atoms with E-state index in [0.29, 0.717) is 18.8 Å². The van der Waals surface area contributed by atoms with E-state index in [0.717, 1.165) is 38.5 Å². The van der Waals surface area contributed by atoms with Crippen LogP contribution < -0.4 is 5.32 Å². The van der Waals surface area contributed by atoms with Crippen molar-refractivity contribution in [2.75, 3.05) is 19.3 Å². The van der Waals surface area contributed by atoms with Gasteiger partial charge in [-0.2, -0.15) is 0 Å². The molecule has 8 heteroatoms. The third-order valence-electron chi connectivity index (χ3n) is 7.40. The van der Waals surface area contributed by atoms with Crippen LogP contribution in [0.25, 0.3) is 0 Å². The van der Waals surface area contributed by atoms with Crippen LogP contribution in [-0.4, -0.2) is 49.8 Å². The fourth-order valence-corrected chi connectivity index (χ4v) is 6.70. The van der Waals surface area contributed by atoms with Crippen molar-refractivity contribution in [2.24, 2.45) is 16.5 Å². The van der Waals surface area contributed by atoms with Crippen LogP contribution in [-0.2, 0) is 26.1 Å². The van der Waals surface area contributed by atoms with Crippen LogP contribution in [0, 0.1) is 11.3 Å². The molecular weight excluding hydrogens is 390 g/mol. The minimum atomic E-state index is -3.18. The summed E-state index contributed by atoms with van der Waals surface area (Å²) >= 11 is 0. The maximum atomic E-state index is 13.2. The largest absolute Gasteiger partial charge is 0.391 e. The lowest BCUT2D eigenvalue weighted by Gasteiger charge is -2.41. The molecule has 2 heterocycles. The van der Waals surface area contributed by atoms with Crippen LogP contribution >= 0.6 is 0 Å². The number of rotatable bonds is 3. The summed E-state index contributed by atoms with van der Waals surface area (Å²) in [6.07, 6.45) is 6.42. The number of carbonyl (C=O) groups is 1. The molecule has 7 nitrogen and oxygen atoms in total. The molecule has 1 N–H and O–H groups in total. The Hall–Kier alpha value is -1.93. The molecule has 2 aliphatic carbocycles. The van der Waals surface area contributed by atoms with Crippen molar-refractivity contribution in [1.82, 2.24) is 9.62 Å². The SMILES string of the molecule is CS(=O)(=O)N1CCC2(CC[C@@H]3ON=C(C(=O)NC4CCc5ccccc54)[C@@H]32)CC1. The lowest BCUT2D eigenvalue weighted by molar-refractivity contribution is -0.116. The van der Waals surface area contributed by atoms with Gasteiger partial charge in [0.15, 0.2) is 5.71 Å². The number of aryl methyl sites for hydroxylation is 1. The average Bonchev–Trinajstić information content (AvgIpc) is 3.38. The first-order chi connectivity index (χ1) is 13.9. The monoisotopic (exact) mass is 417 g/mol. The molecule has 29 heavy (non-hydrogen) atoms. The van der Waals surface area contributed by atoms with Gasteiger partial charge in [0.25, 0.3) is 5.91 Å². The van der Waals surface area contributed by atoms with Crippen molar-refractivity contribution in [2.45, 2.75) is 50.7 Å². The number of sulfonamides is 1. The van der Waals surface area contributed by atoms with Crippen LogP contribution in [0.3, 0.4) is 0 Å². The van der Waals surface area contributed by atoms with Crippen LogP contribution in [0.15, 0.2) is 29.4 Å². The van der Waals surface area contributed by atoms with E-state index in [-0.39, 0.29) is 29.4 Å². The lowest BCUT2D eigenvalue weighted by atomic mass is 9.69. The number of hydrogen-bond donors (Lipinski definition) is 1. The van der Waals surface area contributed by atoms with Crippen molar-refractivity contribution < 1.29 is 18.0 Å². The highest BCUT2D eigenvalue weighted by Crippen LogP contribution is 2.54. The van der Waals surface area contributed by atoms with Crippen LogP contribution in [0.5, 0.6) is 0 Å². The summed E-state index contributed by atoms with van der Waals surface area (Å²) in [6.45, 7) is 1.01. The Balaban J connectivity index is 1.32. The molecule has 1 unspecified atom stereocenters. The molecule has 0 radical (unpaired) electrons. The topological polar surface area (TPSA) is 88.1 Å². The molecule has 0 aromatic heterocycles. The number of benzene rings is 1. The highest BCUT2D eigenvalue weighted by Gasteiger charge is 2.57. The van der Waals surface area contributed by atoms with E-state index >= 15 is 0 Å². The molecule has 4 aliphatic rings. The van der Waals surface area contributed by atoms with Gasteiger partial charge >= 0.3 is 0 Å². The Bertz CT molecular complexity index is 966. The van der Waals surface area contributed by atoms with Crippen molar-refractivity contribution >= 4 is 21.6 Å². The van der Waals surface area contributed by atoms with Crippen LogP contribution in [0.2, 0.25) is 0 Å². The van der Waals surface area contributed by atoms with E-state index in [1.54, 1.807) is 4.31 Å². The summed E-state index contributed by atoms with van der Waals surface area (Å²) < 4.78 is 25.3. The maximum Gasteiger partial charge on any atom is 0.270 e. The summed E-state index contributed by atoms with van der Waals surface area (Å²) in [5, 5.41) is 7.40. The molecule has 1 saturated heterocycles. The Morgan fingerprint density at radius 1 is 1.21 bits per heavy atom. The van der Waals surface area contributed by atoms with Gasteiger partial charge in [-0.05, 0) is 55.1 Å². The van der Waals surface area contributed by atoms with E-state index in [1.165, 1.54) is 17.4 Å². The minimum Gasteiger partial charge on any atom is -0.391 e. The Morgan fingerprint density at radius 2 is 1.97 bits per heavy atom. The third-order valence-corrected chi connectivity index (χ3v) is 8.70. The van der Waals surface area contributed by atoms with Gasteiger partial charge in [0.05, 0.1) is 18.2 Å². The summed E-state index contributed by atoms with van der Waals surface area (Å²) in [4.78, 5) is 18.8. The second-order valence-electron chi connectivity index (χ2n) is 8.92.